The van der Waals surface area contributed by atoms with Crippen LogP contribution in [0.25, 0.3) is 0 Å². The molecule has 1 aromatic carbocycles. The number of hydrogen-bond acceptors (Lipinski definition) is 3. The number of amides is 1. The van der Waals surface area contributed by atoms with Crippen molar-refractivity contribution in [3.8, 4) is 0 Å². The van der Waals surface area contributed by atoms with Crippen LogP contribution in [0.15, 0.2) is 42.6 Å². The highest BCUT2D eigenvalue weighted by molar-refractivity contribution is 6.31. The summed E-state index contributed by atoms with van der Waals surface area (Å²) >= 11 is 6.13. The molecule has 1 saturated heterocycles. The molecule has 4 nitrogen and oxygen atoms in total. The summed E-state index contributed by atoms with van der Waals surface area (Å²) in [5, 5.41) is 3.61. The third kappa shape index (κ3) is 3.82. The van der Waals surface area contributed by atoms with Crippen LogP contribution in [0, 0.1) is 0 Å². The van der Waals surface area contributed by atoms with E-state index in [4.69, 9.17) is 11.6 Å². The monoisotopic (exact) mass is 329 g/mol. The Morgan fingerprint density at radius 2 is 1.91 bits per heavy atom. The Morgan fingerprint density at radius 1 is 1.13 bits per heavy atom. The number of benzene rings is 1. The lowest BCUT2D eigenvalue weighted by Crippen LogP contribution is -2.33. The van der Waals surface area contributed by atoms with Gasteiger partial charge in [-0.3, -0.25) is 4.79 Å². The van der Waals surface area contributed by atoms with Crippen molar-refractivity contribution in [3.05, 3.63) is 58.7 Å². The molecule has 0 spiro atoms. The molecule has 1 fully saturated rings. The average molecular weight is 330 g/mol. The van der Waals surface area contributed by atoms with Crippen molar-refractivity contribution >= 4 is 23.3 Å². The summed E-state index contributed by atoms with van der Waals surface area (Å²) < 4.78 is 0. The fourth-order valence-corrected chi connectivity index (χ4v) is 3.05. The first-order valence-electron chi connectivity index (χ1n) is 7.97. The Hall–Kier alpha value is -2.07. The number of hydrogen-bond donors (Lipinski definition) is 1. The molecule has 0 radical (unpaired) electrons. The lowest BCUT2D eigenvalue weighted by Gasteiger charge is -2.29. The van der Waals surface area contributed by atoms with Crippen molar-refractivity contribution in [1.82, 2.24) is 10.3 Å². The van der Waals surface area contributed by atoms with Crippen LogP contribution in [-0.2, 0) is 6.54 Å². The maximum absolute atomic E-state index is 12.6. The van der Waals surface area contributed by atoms with Crippen molar-refractivity contribution in [2.24, 2.45) is 0 Å². The van der Waals surface area contributed by atoms with E-state index in [1.54, 1.807) is 12.3 Å². The van der Waals surface area contributed by atoms with Crippen LogP contribution in [0.5, 0.6) is 0 Å². The van der Waals surface area contributed by atoms with Gasteiger partial charge in [0, 0.05) is 30.9 Å². The van der Waals surface area contributed by atoms with Crippen LogP contribution in [0.2, 0.25) is 5.02 Å². The average Bonchev–Trinajstić information content (AvgIpc) is 2.61. The van der Waals surface area contributed by atoms with Crippen LogP contribution in [0.3, 0.4) is 0 Å². The fourth-order valence-electron chi connectivity index (χ4n) is 2.84. The number of nitrogens with one attached hydrogen (secondary N) is 1. The van der Waals surface area contributed by atoms with Gasteiger partial charge in [-0.15, -0.1) is 0 Å². The van der Waals surface area contributed by atoms with Crippen LogP contribution in [0.1, 0.15) is 35.2 Å². The summed E-state index contributed by atoms with van der Waals surface area (Å²) in [5.41, 5.74) is 1.53. The maximum atomic E-state index is 12.6. The summed E-state index contributed by atoms with van der Waals surface area (Å²) in [5.74, 6) is 0.669. The third-order valence-electron chi connectivity index (χ3n) is 4.08. The van der Waals surface area contributed by atoms with E-state index >= 15 is 0 Å². The normalized spacial score (nSPS) is 14.6. The Bertz CT molecular complexity index is 683. The topological polar surface area (TPSA) is 45.2 Å². The highest BCUT2D eigenvalue weighted by Gasteiger charge is 2.19. The molecule has 5 heteroatoms. The molecule has 23 heavy (non-hydrogen) atoms. The van der Waals surface area contributed by atoms with E-state index in [-0.39, 0.29) is 5.91 Å². The van der Waals surface area contributed by atoms with E-state index in [1.165, 1.54) is 6.42 Å². The Kier molecular flexibility index (Phi) is 5.13. The Labute approximate surface area is 141 Å². The third-order valence-corrected chi connectivity index (χ3v) is 4.45. The highest BCUT2D eigenvalue weighted by atomic mass is 35.5. The van der Waals surface area contributed by atoms with Crippen LogP contribution in [0.4, 0.5) is 5.82 Å². The van der Waals surface area contributed by atoms with Gasteiger partial charge in [0.2, 0.25) is 0 Å². The van der Waals surface area contributed by atoms with Crippen LogP contribution >= 0.6 is 11.6 Å². The first-order chi connectivity index (χ1) is 11.3. The number of nitrogens with zero attached hydrogens (tertiary/aromatic N) is 2. The van der Waals surface area contributed by atoms with Gasteiger partial charge in [0.1, 0.15) is 5.82 Å². The smallest absolute Gasteiger partial charge is 0.255 e. The maximum Gasteiger partial charge on any atom is 0.255 e. The minimum Gasteiger partial charge on any atom is -0.356 e. The van der Waals surface area contributed by atoms with Gasteiger partial charge in [0.15, 0.2) is 0 Å². The van der Waals surface area contributed by atoms with Crippen molar-refractivity contribution in [3.63, 3.8) is 0 Å². The molecule has 1 N–H and O–H groups in total. The Balaban J connectivity index is 1.73. The quantitative estimate of drug-likeness (QED) is 0.931. The highest BCUT2D eigenvalue weighted by Crippen LogP contribution is 2.22. The summed E-state index contributed by atoms with van der Waals surface area (Å²) in [6.07, 6.45) is 5.29. The molecule has 2 heterocycles. The molecule has 1 amide bonds. The second-order valence-electron chi connectivity index (χ2n) is 5.70. The van der Waals surface area contributed by atoms with Gasteiger partial charge in [-0.05, 0) is 43.0 Å². The summed E-state index contributed by atoms with van der Waals surface area (Å²) in [4.78, 5) is 19.2. The molecule has 0 unspecified atom stereocenters. The minimum atomic E-state index is -0.112. The van der Waals surface area contributed by atoms with Gasteiger partial charge in [-0.2, -0.15) is 0 Å². The predicted molar refractivity (Wildman–Crippen MR) is 92.9 cm³/mol. The van der Waals surface area contributed by atoms with E-state index in [9.17, 15) is 4.79 Å². The van der Waals surface area contributed by atoms with Gasteiger partial charge in [0.25, 0.3) is 5.91 Å². The zero-order chi connectivity index (χ0) is 16.1. The molecule has 120 valence electrons. The van der Waals surface area contributed by atoms with E-state index in [2.05, 4.69) is 15.2 Å². The van der Waals surface area contributed by atoms with Gasteiger partial charge in [-0.1, -0.05) is 29.8 Å². The van der Waals surface area contributed by atoms with Gasteiger partial charge >= 0.3 is 0 Å². The van der Waals surface area contributed by atoms with Crippen molar-refractivity contribution in [2.75, 3.05) is 18.0 Å². The number of rotatable bonds is 4. The second-order valence-corrected chi connectivity index (χ2v) is 6.10. The van der Waals surface area contributed by atoms with E-state index < -0.39 is 0 Å². The number of anilines is 1. The number of piperidine rings is 1. The largest absolute Gasteiger partial charge is 0.356 e. The van der Waals surface area contributed by atoms with Crippen molar-refractivity contribution in [2.45, 2.75) is 25.8 Å². The molecule has 1 aliphatic rings. The molecule has 3 rings (SSSR count). The SMILES string of the molecule is O=C(NCc1ccccc1Cl)c1cccnc1N1CCCCC1. The zero-order valence-electron chi connectivity index (χ0n) is 13.0. The first-order valence-corrected chi connectivity index (χ1v) is 8.35. The molecule has 1 aromatic heterocycles. The molecule has 1 aliphatic heterocycles. The molecule has 0 saturated carbocycles. The molecule has 0 bridgehead atoms. The summed E-state index contributed by atoms with van der Waals surface area (Å²) in [6.45, 7) is 2.33. The van der Waals surface area contributed by atoms with Crippen molar-refractivity contribution in [1.29, 1.82) is 0 Å². The first kappa shape index (κ1) is 15.8. The molecule has 0 aliphatic carbocycles. The number of carbonyl (C=O) groups excluding carboxylic acids is 1. The van der Waals surface area contributed by atoms with E-state index in [0.29, 0.717) is 17.1 Å². The minimum absolute atomic E-state index is 0.112. The standard InChI is InChI=1S/C18H20ClN3O/c19-16-9-3-2-7-14(16)13-21-18(23)15-8-6-10-20-17(15)22-11-4-1-5-12-22/h2-3,6-10H,1,4-5,11-13H2,(H,21,23). The van der Waals surface area contributed by atoms with Crippen molar-refractivity contribution < 1.29 is 4.79 Å². The Morgan fingerprint density at radius 3 is 2.70 bits per heavy atom. The predicted octanol–water partition coefficient (Wildman–Crippen LogP) is 3.66. The van der Waals surface area contributed by atoms with Gasteiger partial charge in [0.05, 0.1) is 5.56 Å². The molecule has 0 atom stereocenters. The molecular formula is C18H20ClN3O. The number of pyridine rings is 1. The van der Waals surface area contributed by atoms with Crippen LogP contribution < -0.4 is 10.2 Å². The van der Waals surface area contributed by atoms with Crippen LogP contribution in [-0.4, -0.2) is 24.0 Å². The van der Waals surface area contributed by atoms with Gasteiger partial charge in [-0.25, -0.2) is 4.98 Å². The van der Waals surface area contributed by atoms with E-state index in [0.717, 1.165) is 37.3 Å². The summed E-state index contributed by atoms with van der Waals surface area (Å²) in [7, 11) is 0. The molecule has 2 aromatic rings. The lowest BCUT2D eigenvalue weighted by molar-refractivity contribution is 0.0951. The zero-order valence-corrected chi connectivity index (χ0v) is 13.7. The lowest BCUT2D eigenvalue weighted by atomic mass is 10.1. The fraction of sp³-hybridized carbons (Fsp3) is 0.333. The molecular weight excluding hydrogens is 310 g/mol. The number of aromatic nitrogens is 1. The van der Waals surface area contributed by atoms with Gasteiger partial charge < -0.3 is 10.2 Å². The second kappa shape index (κ2) is 7.47. The number of carbonyl (C=O) groups is 1. The summed E-state index contributed by atoms with van der Waals surface area (Å²) in [6, 6.07) is 11.2. The number of halogens is 1. The van der Waals surface area contributed by atoms with E-state index in [1.807, 2.05) is 30.3 Å².